The number of nitro benzene ring substituents is 1. The molecule has 2 N–H and O–H groups in total. The van der Waals surface area contributed by atoms with Gasteiger partial charge in [0, 0.05) is 30.0 Å². The second kappa shape index (κ2) is 10.6. The van der Waals surface area contributed by atoms with Gasteiger partial charge in [-0.05, 0) is 26.3 Å². The quantitative estimate of drug-likeness (QED) is 0.141. The molecule has 1 heterocycles. The van der Waals surface area contributed by atoms with E-state index in [9.17, 15) is 20.0 Å². The first kappa shape index (κ1) is 23.2. The van der Waals surface area contributed by atoms with E-state index in [0.29, 0.717) is 30.1 Å². The number of carbonyl (C=O) groups excluding carboxylic acids is 1. The van der Waals surface area contributed by atoms with Crippen LogP contribution in [-0.4, -0.2) is 47.5 Å². The molecule has 30 heavy (non-hydrogen) atoms. The molecule has 0 unspecified atom stereocenters. The number of nitrogens with zero attached hydrogens (tertiary/aromatic N) is 1. The molecule has 2 rings (SSSR count). The summed E-state index contributed by atoms with van der Waals surface area (Å²) in [6, 6.07) is 3.58. The van der Waals surface area contributed by atoms with Gasteiger partial charge in [0.2, 0.25) is 0 Å². The molecule has 9 nitrogen and oxygen atoms in total. The van der Waals surface area contributed by atoms with E-state index in [1.54, 1.807) is 32.1 Å². The summed E-state index contributed by atoms with van der Waals surface area (Å²) in [4.78, 5) is 20.9. The first-order valence-electron chi connectivity index (χ1n) is 9.41. The summed E-state index contributed by atoms with van der Waals surface area (Å²) < 4.78 is 16.8. The summed E-state index contributed by atoms with van der Waals surface area (Å²) in [5, 5.41) is 25.1. The number of ether oxygens (including phenoxy) is 3. The molecule has 0 spiro atoms. The Balaban J connectivity index is 2.28. The van der Waals surface area contributed by atoms with Crippen LogP contribution in [0, 0.1) is 10.1 Å². The van der Waals surface area contributed by atoms with Crippen molar-refractivity contribution in [2.45, 2.75) is 38.0 Å². The van der Waals surface area contributed by atoms with Crippen molar-refractivity contribution >= 4 is 11.6 Å². The molecule has 1 aromatic rings. The van der Waals surface area contributed by atoms with Gasteiger partial charge in [0.1, 0.15) is 35.8 Å². The van der Waals surface area contributed by atoms with E-state index in [1.807, 2.05) is 0 Å². The maximum atomic E-state index is 11.2. The Hall–Kier alpha value is -3.13. The van der Waals surface area contributed by atoms with E-state index < -0.39 is 22.7 Å². The lowest BCUT2D eigenvalue weighted by Crippen LogP contribution is -2.51. The topological polar surface area (TPSA) is 120 Å². The highest BCUT2D eigenvalue weighted by atomic mass is 16.6. The van der Waals surface area contributed by atoms with Gasteiger partial charge < -0.3 is 24.6 Å². The van der Waals surface area contributed by atoms with Crippen molar-refractivity contribution in [3.8, 4) is 5.75 Å². The minimum absolute atomic E-state index is 0.0762. The zero-order valence-corrected chi connectivity index (χ0v) is 17.0. The molecule has 0 aromatic heterocycles. The maximum Gasteiger partial charge on any atom is 0.270 e. The van der Waals surface area contributed by atoms with Crippen LogP contribution >= 0.6 is 0 Å². The minimum Gasteiger partial charge on any atom is -0.494 e. The lowest BCUT2D eigenvalue weighted by Gasteiger charge is -2.42. The van der Waals surface area contributed by atoms with E-state index in [-0.39, 0.29) is 18.9 Å². The van der Waals surface area contributed by atoms with Crippen molar-refractivity contribution in [2.75, 3.05) is 19.8 Å². The molecule has 0 amide bonds. The largest absolute Gasteiger partial charge is 0.494 e. The minimum atomic E-state index is -1.00. The molecule has 0 radical (unpaired) electrons. The lowest BCUT2D eigenvalue weighted by atomic mass is 9.86. The number of benzene rings is 1. The Morgan fingerprint density at radius 3 is 2.93 bits per heavy atom. The fraction of sp³-hybridized carbons (Fsp3) is 0.429. The van der Waals surface area contributed by atoms with E-state index in [2.05, 4.69) is 11.9 Å². The third-order valence-electron chi connectivity index (χ3n) is 4.50. The van der Waals surface area contributed by atoms with Crippen molar-refractivity contribution in [3.63, 3.8) is 0 Å². The molecule has 0 aliphatic carbocycles. The number of nitrogens with one attached hydrogen (secondary N) is 1. The average Bonchev–Trinajstić information content (AvgIpc) is 2.70. The molecule has 1 aliphatic rings. The molecule has 0 saturated heterocycles. The normalized spacial score (nSPS) is 19.6. The van der Waals surface area contributed by atoms with E-state index >= 15 is 0 Å². The van der Waals surface area contributed by atoms with Gasteiger partial charge in [0.05, 0.1) is 24.2 Å². The Morgan fingerprint density at radius 1 is 1.50 bits per heavy atom. The second-order valence-electron chi connectivity index (χ2n) is 7.15. The molecule has 1 aliphatic heterocycles. The van der Waals surface area contributed by atoms with E-state index in [4.69, 9.17) is 14.2 Å². The van der Waals surface area contributed by atoms with Crippen LogP contribution in [0.1, 0.15) is 31.9 Å². The summed E-state index contributed by atoms with van der Waals surface area (Å²) in [5.41, 5.74) is -0.571. The van der Waals surface area contributed by atoms with Crippen LogP contribution in [0.3, 0.4) is 0 Å². The summed E-state index contributed by atoms with van der Waals surface area (Å²) >= 11 is 0. The van der Waals surface area contributed by atoms with Gasteiger partial charge in [-0.1, -0.05) is 6.08 Å². The number of fused-ring (bicyclic) bond motifs is 1. The van der Waals surface area contributed by atoms with Crippen molar-refractivity contribution in [1.82, 2.24) is 5.32 Å². The highest BCUT2D eigenvalue weighted by Crippen LogP contribution is 2.41. The molecule has 0 bridgehead atoms. The standard InChI is InChI=1S/C21H26N2O7/c1-4-5-11-29-16(14-28-10-6-9-24)13-22-19-17-12-15(23(26)27)7-8-18(17)30-21(2,3)20(19)25/h4,6-8,12-13,19-20,22,25H,1,5,10-11,14H2,2-3H3/b16-13+/t19-,20+/m0/s1. The number of hydrogen-bond acceptors (Lipinski definition) is 8. The maximum absolute atomic E-state index is 11.2. The third-order valence-corrected chi connectivity index (χ3v) is 4.50. The van der Waals surface area contributed by atoms with Crippen LogP contribution in [0.4, 0.5) is 5.69 Å². The summed E-state index contributed by atoms with van der Waals surface area (Å²) in [6.45, 7) is 7.63. The molecule has 1 aromatic carbocycles. The van der Waals surface area contributed by atoms with Gasteiger partial charge >= 0.3 is 0 Å². The first-order chi connectivity index (χ1) is 14.3. The van der Waals surface area contributed by atoms with Crippen LogP contribution in [0.5, 0.6) is 5.75 Å². The monoisotopic (exact) mass is 418 g/mol. The molecule has 0 saturated carbocycles. The first-order valence-corrected chi connectivity index (χ1v) is 9.41. The van der Waals surface area contributed by atoms with Gasteiger partial charge in [-0.3, -0.25) is 10.1 Å². The Bertz CT molecular complexity index is 844. The van der Waals surface area contributed by atoms with Crippen LogP contribution < -0.4 is 10.1 Å². The predicted octanol–water partition coefficient (Wildman–Crippen LogP) is 2.60. The van der Waals surface area contributed by atoms with Gasteiger partial charge in [-0.2, -0.15) is 0 Å². The Labute approximate surface area is 174 Å². The predicted molar refractivity (Wildman–Crippen MR) is 110 cm³/mol. The Kier molecular flexibility index (Phi) is 8.17. The fourth-order valence-electron chi connectivity index (χ4n) is 2.92. The van der Waals surface area contributed by atoms with E-state index in [0.717, 1.165) is 0 Å². The zero-order chi connectivity index (χ0) is 22.1. The highest BCUT2D eigenvalue weighted by molar-refractivity contribution is 5.48. The summed E-state index contributed by atoms with van der Waals surface area (Å²) in [6.07, 6.45) is 4.08. The van der Waals surface area contributed by atoms with Crippen molar-refractivity contribution in [2.24, 2.45) is 0 Å². The van der Waals surface area contributed by atoms with Gasteiger partial charge in [0.15, 0.2) is 0 Å². The molecular formula is C21H26N2O7. The number of aliphatic hydroxyl groups excluding tert-OH is 1. The molecule has 0 fully saturated rings. The van der Waals surface area contributed by atoms with Crippen LogP contribution in [-0.2, 0) is 14.3 Å². The zero-order valence-electron chi connectivity index (χ0n) is 17.0. The van der Waals surface area contributed by atoms with Crippen LogP contribution in [0.25, 0.3) is 0 Å². The number of aliphatic hydroxyl groups is 1. The fourth-order valence-corrected chi connectivity index (χ4v) is 2.92. The SMILES string of the molecule is C=CCCO/C(=C/N[C@H]1c2cc([N+](=O)[O-])ccc2OC(C)(C)[C@@H]1O)COCC=C=O. The highest BCUT2D eigenvalue weighted by Gasteiger charge is 2.43. The van der Waals surface area contributed by atoms with Gasteiger partial charge in [-0.15, -0.1) is 6.58 Å². The van der Waals surface area contributed by atoms with Gasteiger partial charge in [0.25, 0.3) is 5.69 Å². The van der Waals surface area contributed by atoms with Gasteiger partial charge in [-0.25, -0.2) is 4.79 Å². The summed E-state index contributed by atoms with van der Waals surface area (Å²) in [7, 11) is 0. The smallest absolute Gasteiger partial charge is 0.270 e. The molecule has 2 atom stereocenters. The number of nitro groups is 1. The summed E-state index contributed by atoms with van der Waals surface area (Å²) in [5.74, 6) is 2.50. The number of rotatable bonds is 11. The number of hydrogen-bond donors (Lipinski definition) is 2. The van der Waals surface area contributed by atoms with Crippen molar-refractivity contribution in [3.05, 3.63) is 64.6 Å². The lowest BCUT2D eigenvalue weighted by molar-refractivity contribution is -0.385. The Morgan fingerprint density at radius 2 is 2.27 bits per heavy atom. The second-order valence-corrected chi connectivity index (χ2v) is 7.15. The van der Waals surface area contributed by atoms with Crippen molar-refractivity contribution in [1.29, 1.82) is 0 Å². The average molecular weight is 418 g/mol. The molecular weight excluding hydrogens is 392 g/mol. The van der Waals surface area contributed by atoms with Crippen molar-refractivity contribution < 1.29 is 29.0 Å². The third kappa shape index (κ3) is 5.93. The van der Waals surface area contributed by atoms with Crippen LogP contribution in [0.2, 0.25) is 0 Å². The van der Waals surface area contributed by atoms with Crippen LogP contribution in [0.15, 0.2) is 48.9 Å². The molecule has 162 valence electrons. The molecule has 9 heteroatoms. The van der Waals surface area contributed by atoms with E-state index in [1.165, 1.54) is 24.3 Å². The number of non-ortho nitro benzene ring substituents is 1.